The molecule has 0 aliphatic rings. The van der Waals surface area contributed by atoms with E-state index in [0.717, 1.165) is 11.3 Å². The monoisotopic (exact) mass is 315 g/mol. The van der Waals surface area contributed by atoms with Gasteiger partial charge in [-0.15, -0.1) is 0 Å². The summed E-state index contributed by atoms with van der Waals surface area (Å²) in [5.74, 6) is 1.26. The summed E-state index contributed by atoms with van der Waals surface area (Å²) in [5, 5.41) is 7.29. The molecular formula is C12H11Cl2N3OS. The molecule has 0 fully saturated rings. The molecule has 2 rings (SSSR count). The fourth-order valence-corrected chi connectivity index (χ4v) is 1.93. The Balaban J connectivity index is 1.97. The van der Waals surface area contributed by atoms with Crippen molar-refractivity contribution in [1.29, 1.82) is 0 Å². The van der Waals surface area contributed by atoms with Crippen LogP contribution in [0.2, 0.25) is 10.0 Å². The third-order valence-electron chi connectivity index (χ3n) is 2.44. The lowest BCUT2D eigenvalue weighted by Crippen LogP contribution is -2.28. The van der Waals surface area contributed by atoms with E-state index >= 15 is 0 Å². The highest BCUT2D eigenvalue weighted by Crippen LogP contribution is 2.28. The van der Waals surface area contributed by atoms with Gasteiger partial charge in [-0.3, -0.25) is 0 Å². The maximum Gasteiger partial charge on any atom is 0.172 e. The van der Waals surface area contributed by atoms with Crippen molar-refractivity contribution in [2.75, 3.05) is 5.32 Å². The van der Waals surface area contributed by atoms with Crippen LogP contribution in [0.3, 0.4) is 0 Å². The minimum absolute atomic E-state index is 0.410. The Morgan fingerprint density at radius 3 is 2.95 bits per heavy atom. The van der Waals surface area contributed by atoms with Crippen LogP contribution in [0.25, 0.3) is 0 Å². The maximum atomic E-state index is 6.13. The number of anilines is 1. The van der Waals surface area contributed by atoms with E-state index in [4.69, 9.17) is 39.8 Å². The fraction of sp³-hybridized carbons (Fsp3) is 0.167. The van der Waals surface area contributed by atoms with Crippen molar-refractivity contribution < 1.29 is 4.42 Å². The van der Waals surface area contributed by atoms with Crippen molar-refractivity contribution in [3.8, 4) is 0 Å². The topological polar surface area (TPSA) is 50.1 Å². The largest absolute Gasteiger partial charge is 0.467 e. The van der Waals surface area contributed by atoms with E-state index in [-0.39, 0.29) is 0 Å². The molecule has 100 valence electrons. The molecule has 0 atom stereocenters. The highest BCUT2D eigenvalue weighted by molar-refractivity contribution is 7.80. The van der Waals surface area contributed by atoms with Crippen molar-refractivity contribution in [3.05, 3.63) is 46.0 Å². The highest BCUT2D eigenvalue weighted by Gasteiger charge is 2.09. The number of furan rings is 1. The van der Waals surface area contributed by atoms with Gasteiger partial charge in [0.05, 0.1) is 22.9 Å². The van der Waals surface area contributed by atoms with Crippen LogP contribution in [0.4, 0.5) is 5.82 Å². The first kappa shape index (κ1) is 14.1. The van der Waals surface area contributed by atoms with Crippen LogP contribution in [0.1, 0.15) is 11.3 Å². The number of rotatable bonds is 3. The molecule has 19 heavy (non-hydrogen) atoms. The first-order valence-corrected chi connectivity index (χ1v) is 6.62. The van der Waals surface area contributed by atoms with Gasteiger partial charge in [0.2, 0.25) is 0 Å². The number of aromatic nitrogens is 1. The zero-order valence-corrected chi connectivity index (χ0v) is 12.4. The molecule has 4 nitrogen and oxygen atoms in total. The van der Waals surface area contributed by atoms with Crippen molar-refractivity contribution in [2.45, 2.75) is 13.5 Å². The van der Waals surface area contributed by atoms with E-state index in [1.165, 1.54) is 6.20 Å². The summed E-state index contributed by atoms with van der Waals surface area (Å²) in [4.78, 5) is 4.10. The number of pyridine rings is 1. The van der Waals surface area contributed by atoms with Crippen LogP contribution in [0.15, 0.2) is 29.0 Å². The molecule has 0 saturated heterocycles. The first-order chi connectivity index (χ1) is 9.08. The molecule has 0 spiro atoms. The molecule has 0 aliphatic heterocycles. The Morgan fingerprint density at radius 1 is 1.47 bits per heavy atom. The zero-order valence-electron chi connectivity index (χ0n) is 10.0. The van der Waals surface area contributed by atoms with Gasteiger partial charge in [0.25, 0.3) is 0 Å². The summed E-state index contributed by atoms with van der Waals surface area (Å²) in [6, 6.07) is 3.67. The van der Waals surface area contributed by atoms with Crippen LogP contribution >= 0.6 is 35.4 Å². The fourth-order valence-electron chi connectivity index (χ4n) is 1.38. The second kappa shape index (κ2) is 6.23. The molecule has 0 unspecified atom stereocenters. The van der Waals surface area contributed by atoms with E-state index in [1.807, 2.05) is 19.1 Å². The smallest absolute Gasteiger partial charge is 0.172 e. The zero-order chi connectivity index (χ0) is 13.8. The van der Waals surface area contributed by atoms with Crippen molar-refractivity contribution >= 4 is 46.4 Å². The summed E-state index contributed by atoms with van der Waals surface area (Å²) in [6.45, 7) is 2.31. The summed E-state index contributed by atoms with van der Waals surface area (Å²) >= 11 is 17.2. The molecular weight excluding hydrogens is 305 g/mol. The minimum atomic E-state index is 0.410. The van der Waals surface area contributed by atoms with Crippen molar-refractivity contribution in [3.63, 3.8) is 0 Å². The van der Waals surface area contributed by atoms with Gasteiger partial charge >= 0.3 is 0 Å². The maximum absolute atomic E-state index is 6.13. The normalized spacial score (nSPS) is 10.3. The number of thiocarbonyl (C=S) groups is 1. The van der Waals surface area contributed by atoms with Crippen LogP contribution in [0, 0.1) is 6.92 Å². The molecule has 0 aromatic carbocycles. The average Bonchev–Trinajstić information content (AvgIpc) is 2.90. The Labute approximate surface area is 126 Å². The van der Waals surface area contributed by atoms with Gasteiger partial charge < -0.3 is 15.1 Å². The Bertz CT molecular complexity index is 587. The second-order valence-electron chi connectivity index (χ2n) is 3.78. The summed E-state index contributed by atoms with van der Waals surface area (Å²) in [5.41, 5.74) is 0.759. The minimum Gasteiger partial charge on any atom is -0.467 e. The SMILES string of the molecule is Cc1c(Cl)cnc(NC(=S)NCc2ccco2)c1Cl. The van der Waals surface area contributed by atoms with E-state index in [9.17, 15) is 0 Å². The van der Waals surface area contributed by atoms with Gasteiger partial charge in [0, 0.05) is 6.20 Å². The third kappa shape index (κ3) is 3.59. The average molecular weight is 316 g/mol. The van der Waals surface area contributed by atoms with Gasteiger partial charge in [0.1, 0.15) is 5.76 Å². The summed E-state index contributed by atoms with van der Waals surface area (Å²) in [6.07, 6.45) is 3.13. The Morgan fingerprint density at radius 2 is 2.26 bits per heavy atom. The summed E-state index contributed by atoms with van der Waals surface area (Å²) in [7, 11) is 0. The van der Waals surface area contributed by atoms with Crippen molar-refractivity contribution in [1.82, 2.24) is 10.3 Å². The molecule has 2 N–H and O–H groups in total. The molecule has 0 radical (unpaired) electrons. The van der Waals surface area contributed by atoms with E-state index < -0.39 is 0 Å². The van der Waals surface area contributed by atoms with Crippen LogP contribution in [-0.2, 0) is 6.54 Å². The second-order valence-corrected chi connectivity index (χ2v) is 4.97. The van der Waals surface area contributed by atoms with Gasteiger partial charge in [-0.1, -0.05) is 23.2 Å². The standard InChI is InChI=1S/C12H11Cl2N3OS/c1-7-9(13)6-15-11(10(7)14)17-12(19)16-5-8-3-2-4-18-8/h2-4,6H,5H2,1H3,(H2,15,16,17,19). The summed E-state index contributed by atoms with van der Waals surface area (Å²) < 4.78 is 5.18. The van der Waals surface area contributed by atoms with Gasteiger partial charge in [0.15, 0.2) is 10.9 Å². The molecule has 0 saturated carbocycles. The molecule has 2 aromatic rings. The molecule has 0 bridgehead atoms. The predicted molar refractivity (Wildman–Crippen MR) is 80.8 cm³/mol. The lowest BCUT2D eigenvalue weighted by Gasteiger charge is -2.11. The molecule has 2 aromatic heterocycles. The van der Waals surface area contributed by atoms with E-state index in [1.54, 1.807) is 6.26 Å². The predicted octanol–water partition coefficient (Wildman–Crippen LogP) is 3.78. The van der Waals surface area contributed by atoms with Crippen LogP contribution in [-0.4, -0.2) is 10.1 Å². The van der Waals surface area contributed by atoms with Crippen LogP contribution in [0.5, 0.6) is 0 Å². The molecule has 0 aliphatic carbocycles. The number of nitrogens with one attached hydrogen (secondary N) is 2. The number of nitrogens with zero attached hydrogens (tertiary/aromatic N) is 1. The van der Waals surface area contributed by atoms with Gasteiger partial charge in [-0.05, 0) is 36.8 Å². The quantitative estimate of drug-likeness (QED) is 0.844. The van der Waals surface area contributed by atoms with E-state index in [0.29, 0.717) is 27.5 Å². The Kier molecular flexibility index (Phi) is 4.63. The lowest BCUT2D eigenvalue weighted by atomic mass is 10.3. The number of hydrogen-bond acceptors (Lipinski definition) is 3. The first-order valence-electron chi connectivity index (χ1n) is 5.45. The lowest BCUT2D eigenvalue weighted by molar-refractivity contribution is 0.503. The third-order valence-corrected chi connectivity index (χ3v) is 3.53. The van der Waals surface area contributed by atoms with Crippen LogP contribution < -0.4 is 10.6 Å². The van der Waals surface area contributed by atoms with Crippen molar-refractivity contribution in [2.24, 2.45) is 0 Å². The molecule has 0 amide bonds. The highest BCUT2D eigenvalue weighted by atomic mass is 35.5. The number of halogens is 2. The van der Waals surface area contributed by atoms with E-state index in [2.05, 4.69) is 15.6 Å². The Hall–Kier alpha value is -1.30. The van der Waals surface area contributed by atoms with Gasteiger partial charge in [-0.2, -0.15) is 0 Å². The number of hydrogen-bond donors (Lipinski definition) is 2. The van der Waals surface area contributed by atoms with Gasteiger partial charge in [-0.25, -0.2) is 4.98 Å². The molecule has 7 heteroatoms. The molecule has 2 heterocycles.